The summed E-state index contributed by atoms with van der Waals surface area (Å²) < 4.78 is 1.05. The second-order valence-corrected chi connectivity index (χ2v) is 5.03. The lowest BCUT2D eigenvalue weighted by Crippen LogP contribution is -2.38. The fourth-order valence-corrected chi connectivity index (χ4v) is 1.96. The van der Waals surface area contributed by atoms with E-state index in [9.17, 15) is 4.79 Å². The van der Waals surface area contributed by atoms with Gasteiger partial charge in [0.05, 0.1) is 0 Å². The van der Waals surface area contributed by atoms with Crippen molar-refractivity contribution in [1.29, 1.82) is 0 Å². The molecule has 0 heterocycles. The number of amides is 1. The highest BCUT2D eigenvalue weighted by molar-refractivity contribution is 9.10. The van der Waals surface area contributed by atoms with Crippen molar-refractivity contribution in [2.24, 2.45) is 0 Å². The summed E-state index contributed by atoms with van der Waals surface area (Å²) in [7, 11) is 0. The summed E-state index contributed by atoms with van der Waals surface area (Å²) in [5, 5.41) is 6.09. The molecule has 0 saturated carbocycles. The molecular formula is C13H19BrN2O. The molecular weight excluding hydrogens is 280 g/mol. The largest absolute Gasteiger partial charge is 0.374 e. The number of hydrogen-bond donors (Lipinski definition) is 2. The first-order valence-corrected chi connectivity index (χ1v) is 6.64. The average Bonchev–Trinajstić information content (AvgIpc) is 2.29. The Kier molecular flexibility index (Phi) is 5.48. The fourth-order valence-electron chi connectivity index (χ4n) is 1.49. The zero-order chi connectivity index (χ0) is 12.8. The molecule has 17 heavy (non-hydrogen) atoms. The van der Waals surface area contributed by atoms with Gasteiger partial charge in [-0.25, -0.2) is 0 Å². The number of carbonyl (C=O) groups is 1. The molecule has 0 saturated heterocycles. The number of hydrogen-bond acceptors (Lipinski definition) is 2. The third-order valence-corrected chi connectivity index (χ3v) is 3.00. The van der Waals surface area contributed by atoms with Gasteiger partial charge in [-0.2, -0.15) is 0 Å². The van der Waals surface area contributed by atoms with Gasteiger partial charge in [0, 0.05) is 16.7 Å². The Hall–Kier alpha value is -1.03. The second-order valence-electron chi connectivity index (χ2n) is 4.12. The third-order valence-electron chi connectivity index (χ3n) is 2.50. The Morgan fingerprint density at radius 1 is 1.47 bits per heavy atom. The first-order chi connectivity index (χ1) is 8.04. The maximum atomic E-state index is 11.7. The molecule has 0 aromatic heterocycles. The average molecular weight is 299 g/mol. The highest BCUT2D eigenvalue weighted by Gasteiger charge is 2.12. The van der Waals surface area contributed by atoms with Crippen LogP contribution in [0.3, 0.4) is 0 Å². The van der Waals surface area contributed by atoms with E-state index in [1.54, 1.807) is 0 Å². The maximum absolute atomic E-state index is 11.7. The van der Waals surface area contributed by atoms with Gasteiger partial charge in [0.15, 0.2) is 0 Å². The molecule has 1 rings (SSSR count). The minimum Gasteiger partial charge on any atom is -0.374 e. The number of benzene rings is 1. The lowest BCUT2D eigenvalue weighted by atomic mass is 10.2. The van der Waals surface area contributed by atoms with Crippen LogP contribution in [0.5, 0.6) is 0 Å². The highest BCUT2D eigenvalue weighted by Crippen LogP contribution is 2.20. The van der Waals surface area contributed by atoms with Crippen LogP contribution in [0.1, 0.15) is 25.8 Å². The van der Waals surface area contributed by atoms with Crippen molar-refractivity contribution in [3.63, 3.8) is 0 Å². The summed E-state index contributed by atoms with van der Waals surface area (Å²) in [4.78, 5) is 11.7. The number of halogens is 1. The zero-order valence-electron chi connectivity index (χ0n) is 10.5. The predicted molar refractivity (Wildman–Crippen MR) is 75.3 cm³/mol. The van der Waals surface area contributed by atoms with Gasteiger partial charge in [0.1, 0.15) is 6.04 Å². The first-order valence-electron chi connectivity index (χ1n) is 5.85. The summed E-state index contributed by atoms with van der Waals surface area (Å²) in [6.07, 6.45) is 0.954. The van der Waals surface area contributed by atoms with Gasteiger partial charge in [0.25, 0.3) is 0 Å². The Bertz CT molecular complexity index is 393. The van der Waals surface area contributed by atoms with Gasteiger partial charge in [-0.3, -0.25) is 4.79 Å². The van der Waals surface area contributed by atoms with E-state index in [1.165, 1.54) is 0 Å². The summed E-state index contributed by atoms with van der Waals surface area (Å²) in [5.74, 6) is 0.0363. The van der Waals surface area contributed by atoms with E-state index in [-0.39, 0.29) is 11.9 Å². The molecule has 1 aromatic carbocycles. The van der Waals surface area contributed by atoms with E-state index in [2.05, 4.69) is 26.6 Å². The van der Waals surface area contributed by atoms with E-state index in [4.69, 9.17) is 0 Å². The summed E-state index contributed by atoms with van der Waals surface area (Å²) >= 11 is 3.42. The van der Waals surface area contributed by atoms with Crippen molar-refractivity contribution >= 4 is 27.5 Å². The van der Waals surface area contributed by atoms with Crippen molar-refractivity contribution in [3.05, 3.63) is 28.2 Å². The van der Waals surface area contributed by atoms with Crippen LogP contribution in [0.4, 0.5) is 5.69 Å². The second kappa shape index (κ2) is 6.64. The van der Waals surface area contributed by atoms with Crippen LogP contribution < -0.4 is 10.6 Å². The molecule has 1 aromatic rings. The molecule has 1 amide bonds. The Balaban J connectivity index is 2.61. The van der Waals surface area contributed by atoms with Crippen LogP contribution in [0.25, 0.3) is 0 Å². The normalized spacial score (nSPS) is 12.0. The molecule has 2 N–H and O–H groups in total. The highest BCUT2D eigenvalue weighted by atomic mass is 79.9. The van der Waals surface area contributed by atoms with Crippen molar-refractivity contribution in [2.75, 3.05) is 11.9 Å². The van der Waals surface area contributed by atoms with Gasteiger partial charge < -0.3 is 10.6 Å². The molecule has 0 radical (unpaired) electrons. The molecule has 3 nitrogen and oxygen atoms in total. The molecule has 94 valence electrons. The molecule has 0 aliphatic heterocycles. The van der Waals surface area contributed by atoms with Gasteiger partial charge in [-0.1, -0.05) is 22.9 Å². The van der Waals surface area contributed by atoms with Gasteiger partial charge in [0.2, 0.25) is 5.91 Å². The van der Waals surface area contributed by atoms with Crippen molar-refractivity contribution in [1.82, 2.24) is 5.32 Å². The number of nitrogens with one attached hydrogen (secondary N) is 2. The number of anilines is 1. The van der Waals surface area contributed by atoms with Crippen LogP contribution in [-0.4, -0.2) is 18.5 Å². The molecule has 0 bridgehead atoms. The SMILES string of the molecule is CCCNC(=O)C(C)Nc1ccc(Br)cc1C. The number of aryl methyl sites for hydroxylation is 1. The maximum Gasteiger partial charge on any atom is 0.242 e. The fraction of sp³-hybridized carbons (Fsp3) is 0.462. The molecule has 0 aliphatic carbocycles. The van der Waals surface area contributed by atoms with Crippen LogP contribution >= 0.6 is 15.9 Å². The van der Waals surface area contributed by atoms with Crippen molar-refractivity contribution in [2.45, 2.75) is 33.2 Å². The topological polar surface area (TPSA) is 41.1 Å². The van der Waals surface area contributed by atoms with E-state index in [0.29, 0.717) is 0 Å². The molecule has 0 aliphatic rings. The van der Waals surface area contributed by atoms with Gasteiger partial charge in [-0.05, 0) is 44.0 Å². The Morgan fingerprint density at radius 3 is 2.76 bits per heavy atom. The van der Waals surface area contributed by atoms with Crippen LogP contribution in [0.15, 0.2) is 22.7 Å². The number of rotatable bonds is 5. The van der Waals surface area contributed by atoms with Crippen LogP contribution in [0.2, 0.25) is 0 Å². The summed E-state index contributed by atoms with van der Waals surface area (Å²) in [6.45, 7) is 6.65. The van der Waals surface area contributed by atoms with Crippen LogP contribution in [-0.2, 0) is 4.79 Å². The summed E-state index contributed by atoms with van der Waals surface area (Å²) in [5.41, 5.74) is 2.11. The Labute approximate surface area is 111 Å². The minimum absolute atomic E-state index is 0.0363. The van der Waals surface area contributed by atoms with E-state index >= 15 is 0 Å². The van der Waals surface area contributed by atoms with Crippen LogP contribution in [0, 0.1) is 6.92 Å². The van der Waals surface area contributed by atoms with E-state index in [0.717, 1.165) is 28.7 Å². The van der Waals surface area contributed by atoms with E-state index < -0.39 is 0 Å². The standard InChI is InChI=1S/C13H19BrN2O/c1-4-7-15-13(17)10(3)16-12-6-5-11(14)8-9(12)2/h5-6,8,10,16H,4,7H2,1-3H3,(H,15,17). The molecule has 0 fully saturated rings. The summed E-state index contributed by atoms with van der Waals surface area (Å²) in [6, 6.07) is 5.75. The lowest BCUT2D eigenvalue weighted by molar-refractivity contribution is -0.121. The van der Waals surface area contributed by atoms with Gasteiger partial charge >= 0.3 is 0 Å². The van der Waals surface area contributed by atoms with Crippen molar-refractivity contribution in [3.8, 4) is 0 Å². The Morgan fingerprint density at radius 2 is 2.18 bits per heavy atom. The predicted octanol–water partition coefficient (Wildman–Crippen LogP) is 3.08. The molecule has 1 unspecified atom stereocenters. The molecule has 1 atom stereocenters. The number of carbonyl (C=O) groups excluding carboxylic acids is 1. The zero-order valence-corrected chi connectivity index (χ0v) is 12.1. The minimum atomic E-state index is -0.221. The monoisotopic (exact) mass is 298 g/mol. The third kappa shape index (κ3) is 4.38. The van der Waals surface area contributed by atoms with Gasteiger partial charge in [-0.15, -0.1) is 0 Å². The first kappa shape index (κ1) is 14.0. The lowest BCUT2D eigenvalue weighted by Gasteiger charge is -2.16. The molecule has 4 heteroatoms. The van der Waals surface area contributed by atoms with Crippen molar-refractivity contribution < 1.29 is 4.79 Å². The molecule has 0 spiro atoms. The smallest absolute Gasteiger partial charge is 0.242 e. The van der Waals surface area contributed by atoms with E-state index in [1.807, 2.05) is 39.0 Å². The quantitative estimate of drug-likeness (QED) is 0.877.